The number of para-hydroxylation sites is 2. The van der Waals surface area contributed by atoms with Crippen LogP contribution in [0.5, 0.6) is 0 Å². The number of allylic oxidation sites excluding steroid dienone is 2. The number of fused-ring (bicyclic) bond motifs is 2. The molecule has 5 rings (SSSR count). The Morgan fingerprint density at radius 2 is 1.83 bits per heavy atom. The van der Waals surface area contributed by atoms with E-state index in [-0.39, 0.29) is 23.0 Å². The smallest absolute Gasteiger partial charge is 0.238 e. The summed E-state index contributed by atoms with van der Waals surface area (Å²) < 4.78 is 1.66. The van der Waals surface area contributed by atoms with E-state index in [0.29, 0.717) is 5.16 Å². The molecule has 0 bridgehead atoms. The van der Waals surface area contributed by atoms with Crippen molar-refractivity contribution in [1.29, 1.82) is 0 Å². The highest BCUT2D eigenvalue weighted by Gasteiger charge is 2.36. The van der Waals surface area contributed by atoms with Crippen molar-refractivity contribution in [3.8, 4) is 5.69 Å². The third kappa shape index (κ3) is 3.49. The Bertz CT molecular complexity index is 1100. The van der Waals surface area contributed by atoms with Crippen LogP contribution >= 0.6 is 23.5 Å². The summed E-state index contributed by atoms with van der Waals surface area (Å²) in [6.45, 7) is 0. The van der Waals surface area contributed by atoms with Crippen molar-refractivity contribution in [2.45, 2.75) is 21.3 Å². The van der Waals surface area contributed by atoms with Crippen LogP contribution in [0.2, 0.25) is 0 Å². The van der Waals surface area contributed by atoms with Crippen molar-refractivity contribution in [1.82, 2.24) is 20.2 Å². The summed E-state index contributed by atoms with van der Waals surface area (Å²) in [7, 11) is 0. The minimum atomic E-state index is 0.0121. The first-order valence-electron chi connectivity index (χ1n) is 9.20. The van der Waals surface area contributed by atoms with Gasteiger partial charge in [-0.1, -0.05) is 66.4 Å². The first-order chi connectivity index (χ1) is 14.3. The summed E-state index contributed by atoms with van der Waals surface area (Å²) in [5.74, 6) is 0.299. The highest BCUT2D eigenvalue weighted by molar-refractivity contribution is 8.00. The quantitative estimate of drug-likeness (QED) is 0.600. The van der Waals surface area contributed by atoms with Crippen molar-refractivity contribution in [2.24, 2.45) is 0 Å². The highest BCUT2D eigenvalue weighted by atomic mass is 32.2. The van der Waals surface area contributed by atoms with E-state index in [1.165, 1.54) is 11.8 Å². The number of carbonyl (C=O) groups excluding carboxylic acids is 1. The SMILES string of the molecule is O=C(CSc1nnnn1-c1ccccc1)N1c2ccccc2S[C@@H]2C=CC=C[C@@H]21. The van der Waals surface area contributed by atoms with Crippen LogP contribution in [0.15, 0.2) is 89.0 Å². The normalized spacial score (nSPS) is 19.7. The fraction of sp³-hybridized carbons (Fsp3) is 0.143. The third-order valence-corrected chi connectivity index (χ3v) is 6.99. The number of anilines is 1. The van der Waals surface area contributed by atoms with Crippen LogP contribution in [0.4, 0.5) is 5.69 Å². The molecule has 6 nitrogen and oxygen atoms in total. The van der Waals surface area contributed by atoms with Crippen molar-refractivity contribution >= 4 is 35.1 Å². The number of tetrazole rings is 1. The van der Waals surface area contributed by atoms with Crippen LogP contribution in [0.3, 0.4) is 0 Å². The fourth-order valence-electron chi connectivity index (χ4n) is 3.48. The second kappa shape index (κ2) is 7.88. The van der Waals surface area contributed by atoms with Gasteiger partial charge in [0.1, 0.15) is 0 Å². The monoisotopic (exact) mass is 419 g/mol. The zero-order chi connectivity index (χ0) is 19.6. The summed E-state index contributed by atoms with van der Waals surface area (Å²) in [4.78, 5) is 16.4. The molecule has 0 radical (unpaired) electrons. The lowest BCUT2D eigenvalue weighted by Crippen LogP contribution is -2.48. The number of nitrogens with zero attached hydrogens (tertiary/aromatic N) is 5. The van der Waals surface area contributed by atoms with E-state index >= 15 is 0 Å². The van der Waals surface area contributed by atoms with E-state index in [1.807, 2.05) is 65.6 Å². The highest BCUT2D eigenvalue weighted by Crippen LogP contribution is 2.43. The maximum Gasteiger partial charge on any atom is 0.238 e. The van der Waals surface area contributed by atoms with Gasteiger partial charge in [-0.15, -0.1) is 16.9 Å². The van der Waals surface area contributed by atoms with Gasteiger partial charge in [-0.05, 0) is 34.7 Å². The van der Waals surface area contributed by atoms with E-state index in [1.54, 1.807) is 16.4 Å². The first kappa shape index (κ1) is 18.2. The zero-order valence-electron chi connectivity index (χ0n) is 15.3. The molecular weight excluding hydrogens is 402 g/mol. The summed E-state index contributed by atoms with van der Waals surface area (Å²) in [5.41, 5.74) is 1.83. The molecular formula is C21H17N5OS2. The molecule has 0 N–H and O–H groups in total. The van der Waals surface area contributed by atoms with Gasteiger partial charge in [0.2, 0.25) is 11.1 Å². The standard InChI is InChI=1S/C21H17N5OS2/c27-20(14-28-21-22-23-24-26(21)15-8-2-1-3-9-15)25-16-10-4-6-12-18(16)29-19-13-7-5-11-17(19)25/h1-13,16,18H,14H2/t16-,18+/m0/s1. The molecule has 1 aliphatic heterocycles. The molecule has 144 valence electrons. The molecule has 0 fully saturated rings. The second-order valence-electron chi connectivity index (χ2n) is 6.57. The fourth-order valence-corrected chi connectivity index (χ4v) is 5.49. The topological polar surface area (TPSA) is 63.9 Å². The summed E-state index contributed by atoms with van der Waals surface area (Å²) >= 11 is 3.15. The molecule has 2 aromatic carbocycles. The molecule has 0 spiro atoms. The first-order valence-corrected chi connectivity index (χ1v) is 11.1. The molecule has 2 heterocycles. The number of aromatic nitrogens is 4. The van der Waals surface area contributed by atoms with E-state index in [4.69, 9.17) is 0 Å². The Labute approximate surface area is 176 Å². The molecule has 0 saturated carbocycles. The van der Waals surface area contributed by atoms with Gasteiger partial charge in [0, 0.05) is 4.90 Å². The van der Waals surface area contributed by atoms with Crippen molar-refractivity contribution in [3.63, 3.8) is 0 Å². The summed E-state index contributed by atoms with van der Waals surface area (Å²) in [5, 5.41) is 12.8. The number of benzene rings is 2. The molecule has 1 amide bonds. The molecule has 1 aliphatic carbocycles. The summed E-state index contributed by atoms with van der Waals surface area (Å²) in [6, 6.07) is 17.8. The largest absolute Gasteiger partial charge is 0.302 e. The van der Waals surface area contributed by atoms with Gasteiger partial charge in [0.25, 0.3) is 0 Å². The number of hydrogen-bond donors (Lipinski definition) is 0. The minimum Gasteiger partial charge on any atom is -0.302 e. The average Bonchev–Trinajstić information content (AvgIpc) is 3.25. The van der Waals surface area contributed by atoms with E-state index in [9.17, 15) is 4.79 Å². The summed E-state index contributed by atoms with van der Waals surface area (Å²) in [6.07, 6.45) is 8.32. The molecule has 2 atom stereocenters. The molecule has 1 aromatic heterocycles. The minimum absolute atomic E-state index is 0.0121. The second-order valence-corrected chi connectivity index (χ2v) is 8.73. The lowest BCUT2D eigenvalue weighted by Gasteiger charge is -2.40. The van der Waals surface area contributed by atoms with Gasteiger partial charge in [0.15, 0.2) is 0 Å². The van der Waals surface area contributed by atoms with Crippen LogP contribution in [0, 0.1) is 0 Å². The Balaban J connectivity index is 1.39. The van der Waals surface area contributed by atoms with Crippen molar-refractivity contribution < 1.29 is 4.79 Å². The van der Waals surface area contributed by atoms with Crippen molar-refractivity contribution in [2.75, 3.05) is 10.7 Å². The number of rotatable bonds is 4. The van der Waals surface area contributed by atoms with Gasteiger partial charge in [-0.25, -0.2) is 0 Å². The Morgan fingerprint density at radius 3 is 2.72 bits per heavy atom. The maximum atomic E-state index is 13.3. The average molecular weight is 420 g/mol. The molecule has 0 unspecified atom stereocenters. The van der Waals surface area contributed by atoms with E-state index in [0.717, 1.165) is 16.3 Å². The van der Waals surface area contributed by atoms with Crippen LogP contribution < -0.4 is 4.90 Å². The van der Waals surface area contributed by atoms with Gasteiger partial charge >= 0.3 is 0 Å². The number of hydrogen-bond acceptors (Lipinski definition) is 6. The molecule has 8 heteroatoms. The van der Waals surface area contributed by atoms with Crippen molar-refractivity contribution in [3.05, 3.63) is 78.9 Å². The molecule has 2 aliphatic rings. The van der Waals surface area contributed by atoms with E-state index in [2.05, 4.69) is 33.7 Å². The Morgan fingerprint density at radius 1 is 1.03 bits per heavy atom. The lowest BCUT2D eigenvalue weighted by molar-refractivity contribution is -0.116. The van der Waals surface area contributed by atoms with Crippen LogP contribution in [-0.4, -0.2) is 43.2 Å². The van der Waals surface area contributed by atoms with Crippen LogP contribution in [-0.2, 0) is 4.79 Å². The van der Waals surface area contributed by atoms with Crippen LogP contribution in [0.25, 0.3) is 5.69 Å². The number of thioether (sulfide) groups is 2. The lowest BCUT2D eigenvalue weighted by atomic mass is 10.0. The van der Waals surface area contributed by atoms with Gasteiger partial charge in [-0.2, -0.15) is 4.68 Å². The Kier molecular flexibility index (Phi) is 4.95. The zero-order valence-corrected chi connectivity index (χ0v) is 17.0. The Hall–Kier alpha value is -2.84. The molecule has 0 saturated heterocycles. The van der Waals surface area contributed by atoms with E-state index < -0.39 is 0 Å². The predicted octanol–water partition coefficient (Wildman–Crippen LogP) is 3.76. The third-order valence-electron chi connectivity index (χ3n) is 4.78. The van der Waals surface area contributed by atoms with Gasteiger partial charge < -0.3 is 4.90 Å². The maximum absolute atomic E-state index is 13.3. The number of amides is 1. The molecule has 29 heavy (non-hydrogen) atoms. The number of carbonyl (C=O) groups is 1. The molecule has 3 aromatic rings. The van der Waals surface area contributed by atoms with Crippen LogP contribution in [0.1, 0.15) is 0 Å². The van der Waals surface area contributed by atoms with Gasteiger partial charge in [0.05, 0.1) is 28.4 Å². The van der Waals surface area contributed by atoms with Gasteiger partial charge in [-0.3, -0.25) is 4.79 Å². The predicted molar refractivity (Wildman–Crippen MR) is 116 cm³/mol.